The Kier molecular flexibility index (Phi) is 5.51. The van der Waals surface area contributed by atoms with Gasteiger partial charge in [0.15, 0.2) is 0 Å². The van der Waals surface area contributed by atoms with Crippen LogP contribution in [0.5, 0.6) is 5.75 Å². The van der Waals surface area contributed by atoms with E-state index in [9.17, 15) is 0 Å². The maximum atomic E-state index is 6.17. The van der Waals surface area contributed by atoms with Gasteiger partial charge in [0.25, 0.3) is 0 Å². The van der Waals surface area contributed by atoms with Crippen LogP contribution in [0.15, 0.2) is 65.1 Å². The van der Waals surface area contributed by atoms with Crippen molar-refractivity contribution in [3.05, 3.63) is 71.0 Å². The van der Waals surface area contributed by atoms with Crippen molar-refractivity contribution < 1.29 is 4.74 Å². The highest BCUT2D eigenvalue weighted by Gasteiger charge is 2.06. The number of halogens is 1. The first-order valence-electron chi connectivity index (χ1n) is 7.21. The topological polar surface area (TPSA) is 52.3 Å². The van der Waals surface area contributed by atoms with Gasteiger partial charge in [0, 0.05) is 10.8 Å². The van der Waals surface area contributed by atoms with Gasteiger partial charge in [-0.2, -0.15) is 9.78 Å². The molecule has 5 nitrogen and oxygen atoms in total. The third kappa shape index (κ3) is 4.15. The second-order valence-electron chi connectivity index (χ2n) is 4.86. The number of nitrogens with zero attached hydrogens (tertiary/aromatic N) is 4. The molecule has 0 unspecified atom stereocenters. The van der Waals surface area contributed by atoms with Crippen molar-refractivity contribution in [2.75, 3.05) is 7.11 Å². The Morgan fingerprint density at radius 2 is 2.00 bits per heavy atom. The second-order valence-corrected chi connectivity index (χ2v) is 6.21. The fourth-order valence-electron chi connectivity index (χ4n) is 1.97. The molecule has 0 fully saturated rings. The molecule has 1 heterocycles. The van der Waals surface area contributed by atoms with Crippen LogP contribution in [0, 0.1) is 0 Å². The maximum absolute atomic E-state index is 6.17. The van der Waals surface area contributed by atoms with Crippen LogP contribution < -0.4 is 4.74 Å². The minimum atomic E-state index is 0.705. The predicted octanol–water partition coefficient (Wildman–Crippen LogP) is 4.11. The Bertz CT molecular complexity index is 833. The molecular weight excluding hydrogens is 344 g/mol. The van der Waals surface area contributed by atoms with Crippen LogP contribution in [0.3, 0.4) is 0 Å². The lowest BCUT2D eigenvalue weighted by molar-refractivity contribution is 0.415. The normalized spacial score (nSPS) is 11.1. The van der Waals surface area contributed by atoms with Gasteiger partial charge in [0.05, 0.1) is 13.3 Å². The van der Waals surface area contributed by atoms with E-state index in [1.807, 2.05) is 48.5 Å². The molecule has 0 saturated carbocycles. The minimum Gasteiger partial charge on any atom is -0.497 e. The molecule has 0 atom stereocenters. The number of aromatic nitrogens is 3. The van der Waals surface area contributed by atoms with Crippen LogP contribution in [-0.2, 0) is 5.75 Å². The van der Waals surface area contributed by atoms with E-state index < -0.39 is 0 Å². The highest BCUT2D eigenvalue weighted by molar-refractivity contribution is 7.98. The van der Waals surface area contributed by atoms with E-state index in [0.717, 1.165) is 21.9 Å². The third-order valence-corrected chi connectivity index (χ3v) is 4.61. The number of benzene rings is 2. The number of rotatable bonds is 6. The molecule has 0 spiro atoms. The number of hydrogen-bond donors (Lipinski definition) is 0. The summed E-state index contributed by atoms with van der Waals surface area (Å²) in [5.74, 6) is 1.52. The molecule has 3 rings (SSSR count). The molecule has 24 heavy (non-hydrogen) atoms. The highest BCUT2D eigenvalue weighted by atomic mass is 35.5. The van der Waals surface area contributed by atoms with Crippen LogP contribution in [0.2, 0.25) is 5.02 Å². The van der Waals surface area contributed by atoms with Crippen LogP contribution in [0.25, 0.3) is 0 Å². The van der Waals surface area contributed by atoms with E-state index >= 15 is 0 Å². The molecule has 0 saturated heterocycles. The highest BCUT2D eigenvalue weighted by Crippen LogP contribution is 2.25. The van der Waals surface area contributed by atoms with E-state index in [1.54, 1.807) is 24.3 Å². The summed E-state index contributed by atoms with van der Waals surface area (Å²) in [6.45, 7) is 0. The first kappa shape index (κ1) is 16.5. The number of methoxy groups -OCH3 is 1. The summed E-state index contributed by atoms with van der Waals surface area (Å²) in [7, 11) is 1.64. The molecule has 122 valence electrons. The van der Waals surface area contributed by atoms with E-state index in [2.05, 4.69) is 15.3 Å². The Labute approximate surface area is 149 Å². The van der Waals surface area contributed by atoms with Crippen LogP contribution in [0.1, 0.15) is 11.1 Å². The van der Waals surface area contributed by atoms with Crippen molar-refractivity contribution in [1.82, 2.24) is 14.9 Å². The quantitative estimate of drug-likeness (QED) is 0.491. The van der Waals surface area contributed by atoms with Crippen molar-refractivity contribution in [3.63, 3.8) is 0 Å². The molecule has 0 aliphatic rings. The molecule has 0 amide bonds. The van der Waals surface area contributed by atoms with Crippen LogP contribution >= 0.6 is 23.4 Å². The van der Waals surface area contributed by atoms with Gasteiger partial charge in [-0.15, -0.1) is 10.2 Å². The summed E-state index contributed by atoms with van der Waals surface area (Å²) in [6, 6.07) is 15.4. The van der Waals surface area contributed by atoms with E-state index in [0.29, 0.717) is 10.9 Å². The lowest BCUT2D eigenvalue weighted by atomic mass is 10.2. The van der Waals surface area contributed by atoms with Gasteiger partial charge in [0.2, 0.25) is 5.16 Å². The molecule has 0 bridgehead atoms. The molecule has 0 aliphatic heterocycles. The van der Waals surface area contributed by atoms with Gasteiger partial charge in [-0.05, 0) is 41.5 Å². The standard InChI is InChI=1S/C17H15ClN4OS/c1-23-15-8-6-13(7-9-15)10-20-22-12-19-21-17(22)24-11-14-4-2-3-5-16(14)18/h2-10,12H,11H2,1H3/b20-10+. The first-order chi connectivity index (χ1) is 11.8. The van der Waals surface area contributed by atoms with E-state index in [4.69, 9.17) is 16.3 Å². The van der Waals surface area contributed by atoms with Crippen molar-refractivity contribution in [1.29, 1.82) is 0 Å². The molecule has 1 aromatic heterocycles. The van der Waals surface area contributed by atoms with Crippen molar-refractivity contribution in [3.8, 4) is 5.75 Å². The van der Waals surface area contributed by atoms with Gasteiger partial charge in [-0.3, -0.25) is 0 Å². The van der Waals surface area contributed by atoms with Crippen molar-refractivity contribution >= 4 is 29.6 Å². The van der Waals surface area contributed by atoms with Crippen molar-refractivity contribution in [2.45, 2.75) is 10.9 Å². The van der Waals surface area contributed by atoms with Crippen LogP contribution in [0.4, 0.5) is 0 Å². The van der Waals surface area contributed by atoms with Gasteiger partial charge in [-0.1, -0.05) is 41.6 Å². The fourth-order valence-corrected chi connectivity index (χ4v) is 3.12. The zero-order valence-corrected chi connectivity index (χ0v) is 14.5. The monoisotopic (exact) mass is 358 g/mol. The van der Waals surface area contributed by atoms with Gasteiger partial charge in [0.1, 0.15) is 12.1 Å². The summed E-state index contributed by atoms with van der Waals surface area (Å²) in [4.78, 5) is 0. The smallest absolute Gasteiger partial charge is 0.212 e. The van der Waals surface area contributed by atoms with E-state index in [-0.39, 0.29) is 0 Å². The summed E-state index contributed by atoms with van der Waals surface area (Å²) in [5, 5.41) is 13.9. The van der Waals surface area contributed by atoms with Gasteiger partial charge >= 0.3 is 0 Å². The summed E-state index contributed by atoms with van der Waals surface area (Å²) in [5.41, 5.74) is 2.02. The van der Waals surface area contributed by atoms with Crippen molar-refractivity contribution in [2.24, 2.45) is 5.10 Å². The maximum Gasteiger partial charge on any atom is 0.212 e. The Morgan fingerprint density at radius 1 is 1.21 bits per heavy atom. The molecule has 0 radical (unpaired) electrons. The average Bonchev–Trinajstić information content (AvgIpc) is 3.07. The van der Waals surface area contributed by atoms with E-state index in [1.165, 1.54) is 11.8 Å². The molecule has 0 N–H and O–H groups in total. The molecular formula is C17H15ClN4OS. The second kappa shape index (κ2) is 7.99. The lowest BCUT2D eigenvalue weighted by Gasteiger charge is -2.03. The predicted molar refractivity (Wildman–Crippen MR) is 97.0 cm³/mol. The minimum absolute atomic E-state index is 0.705. The lowest BCUT2D eigenvalue weighted by Crippen LogP contribution is -1.93. The molecule has 3 aromatic rings. The SMILES string of the molecule is COc1ccc(/C=N/n2cnnc2SCc2ccccc2Cl)cc1. The largest absolute Gasteiger partial charge is 0.497 e. The summed E-state index contributed by atoms with van der Waals surface area (Å²) in [6.07, 6.45) is 3.33. The number of ether oxygens (including phenoxy) is 1. The zero-order valence-electron chi connectivity index (χ0n) is 13.0. The number of hydrogen-bond acceptors (Lipinski definition) is 5. The third-order valence-electron chi connectivity index (χ3n) is 3.26. The van der Waals surface area contributed by atoms with Crippen LogP contribution in [-0.4, -0.2) is 28.2 Å². The number of thioether (sulfide) groups is 1. The average molecular weight is 359 g/mol. The molecule has 7 heteroatoms. The molecule has 0 aliphatic carbocycles. The Balaban J connectivity index is 1.68. The fraction of sp³-hybridized carbons (Fsp3) is 0.118. The Hall–Kier alpha value is -2.31. The van der Waals surface area contributed by atoms with Gasteiger partial charge < -0.3 is 4.74 Å². The first-order valence-corrected chi connectivity index (χ1v) is 8.57. The summed E-state index contributed by atoms with van der Waals surface area (Å²) < 4.78 is 6.78. The summed E-state index contributed by atoms with van der Waals surface area (Å²) >= 11 is 7.71. The zero-order chi connectivity index (χ0) is 16.8. The molecule has 2 aromatic carbocycles. The van der Waals surface area contributed by atoms with Gasteiger partial charge in [-0.25, -0.2) is 0 Å². The Morgan fingerprint density at radius 3 is 2.75 bits per heavy atom.